The number of esters is 1. The third-order valence-corrected chi connectivity index (χ3v) is 5.01. The molecule has 1 aliphatic carbocycles. The van der Waals surface area contributed by atoms with Crippen LogP contribution >= 0.6 is 0 Å². The molecule has 1 aromatic carbocycles. The van der Waals surface area contributed by atoms with Gasteiger partial charge in [0.2, 0.25) is 0 Å². The minimum Gasteiger partial charge on any atom is -0.465 e. The highest BCUT2D eigenvalue weighted by Gasteiger charge is 2.28. The van der Waals surface area contributed by atoms with E-state index in [1.165, 1.54) is 0 Å². The molecule has 4 rings (SSSR count). The van der Waals surface area contributed by atoms with E-state index in [0.717, 1.165) is 16.8 Å². The van der Waals surface area contributed by atoms with Crippen LogP contribution in [-0.4, -0.2) is 35.5 Å². The summed E-state index contributed by atoms with van der Waals surface area (Å²) in [6, 6.07) is 10.2. The number of imide groups is 1. The predicted molar refractivity (Wildman–Crippen MR) is 119 cm³/mol. The summed E-state index contributed by atoms with van der Waals surface area (Å²) in [6.07, 6.45) is 4.84. The summed E-state index contributed by atoms with van der Waals surface area (Å²) in [5.41, 5.74) is 3.54. The van der Waals surface area contributed by atoms with E-state index in [1.54, 1.807) is 20.1 Å². The van der Waals surface area contributed by atoms with Crippen molar-refractivity contribution in [3.05, 3.63) is 65.2 Å². The second-order valence-electron chi connectivity index (χ2n) is 7.77. The van der Waals surface area contributed by atoms with Crippen LogP contribution in [0, 0.1) is 0 Å². The fraction of sp³-hybridized carbons (Fsp3) is 0.250. The van der Waals surface area contributed by atoms with Gasteiger partial charge in [-0.2, -0.15) is 0 Å². The molecule has 2 heterocycles. The van der Waals surface area contributed by atoms with Crippen molar-refractivity contribution in [2.75, 3.05) is 6.61 Å². The molecule has 0 saturated carbocycles. The van der Waals surface area contributed by atoms with Crippen LogP contribution in [0.5, 0.6) is 0 Å². The maximum atomic E-state index is 13.0. The number of aromatic nitrogens is 1. The van der Waals surface area contributed by atoms with Crippen LogP contribution < -0.4 is 10.6 Å². The van der Waals surface area contributed by atoms with Gasteiger partial charge in [-0.3, -0.25) is 10.1 Å². The van der Waals surface area contributed by atoms with Gasteiger partial charge < -0.3 is 14.5 Å². The number of furan rings is 1. The first-order valence-corrected chi connectivity index (χ1v) is 10.4. The molecule has 0 aliphatic heterocycles. The predicted octanol–water partition coefficient (Wildman–Crippen LogP) is 3.71. The van der Waals surface area contributed by atoms with Crippen molar-refractivity contribution in [3.8, 4) is 0 Å². The summed E-state index contributed by atoms with van der Waals surface area (Å²) >= 11 is 0. The Kier molecular flexibility index (Phi) is 6.02. The van der Waals surface area contributed by atoms with Crippen molar-refractivity contribution in [1.29, 1.82) is 0 Å². The number of carbonyl (C=O) groups is 3. The summed E-state index contributed by atoms with van der Waals surface area (Å²) in [5.74, 6) is -0.619. The van der Waals surface area contributed by atoms with Gasteiger partial charge in [0.05, 0.1) is 23.0 Å². The molecular weight excluding hydrogens is 410 g/mol. The summed E-state index contributed by atoms with van der Waals surface area (Å²) in [6.45, 7) is 2.98. The van der Waals surface area contributed by atoms with Crippen LogP contribution in [-0.2, 0) is 16.0 Å². The molecule has 164 valence electrons. The van der Waals surface area contributed by atoms with Gasteiger partial charge >= 0.3 is 12.0 Å². The molecule has 0 saturated heterocycles. The zero-order chi connectivity index (χ0) is 22.7. The molecule has 8 heteroatoms. The number of pyridine rings is 1. The Labute approximate surface area is 184 Å². The summed E-state index contributed by atoms with van der Waals surface area (Å²) in [7, 11) is 0. The highest BCUT2D eigenvalue weighted by Crippen LogP contribution is 2.37. The zero-order valence-corrected chi connectivity index (χ0v) is 17.8. The third kappa shape index (κ3) is 4.54. The van der Waals surface area contributed by atoms with E-state index in [9.17, 15) is 14.4 Å². The maximum absolute atomic E-state index is 13.0. The Balaban J connectivity index is 1.60. The molecule has 3 amide bonds. The van der Waals surface area contributed by atoms with E-state index < -0.39 is 24.5 Å². The van der Waals surface area contributed by atoms with Gasteiger partial charge in [0.1, 0.15) is 5.76 Å². The number of amides is 3. The largest absolute Gasteiger partial charge is 0.465 e. The molecule has 3 aromatic rings. The topological polar surface area (TPSA) is 111 Å². The lowest BCUT2D eigenvalue weighted by Gasteiger charge is -2.13. The number of rotatable bonds is 5. The average molecular weight is 433 g/mol. The van der Waals surface area contributed by atoms with Gasteiger partial charge in [-0.1, -0.05) is 18.2 Å². The molecule has 0 bridgehead atoms. The number of benzene rings is 1. The fourth-order valence-corrected chi connectivity index (χ4v) is 3.72. The van der Waals surface area contributed by atoms with E-state index in [4.69, 9.17) is 14.1 Å². The Bertz CT molecular complexity index is 1210. The van der Waals surface area contributed by atoms with Crippen molar-refractivity contribution in [2.45, 2.75) is 32.7 Å². The lowest BCUT2D eigenvalue weighted by atomic mass is 10.0. The number of urea groups is 1. The number of carbonyl (C=O) groups excluding carboxylic acids is 3. The lowest BCUT2D eigenvalue weighted by molar-refractivity contribution is -0.123. The number of allylic oxidation sites excluding steroid dienone is 1. The van der Waals surface area contributed by atoms with Crippen molar-refractivity contribution < 1.29 is 23.5 Å². The number of nitrogens with zero attached hydrogens (tertiary/aromatic N) is 1. The Morgan fingerprint density at radius 1 is 1.16 bits per heavy atom. The van der Waals surface area contributed by atoms with Crippen molar-refractivity contribution in [3.63, 3.8) is 0 Å². The average Bonchev–Trinajstić information content (AvgIpc) is 3.40. The van der Waals surface area contributed by atoms with Crippen molar-refractivity contribution in [2.24, 2.45) is 0 Å². The van der Waals surface area contributed by atoms with Gasteiger partial charge in [0.25, 0.3) is 5.91 Å². The monoisotopic (exact) mass is 433 g/mol. The number of nitrogens with one attached hydrogen (secondary N) is 2. The number of para-hydroxylation sites is 1. The summed E-state index contributed by atoms with van der Waals surface area (Å²) in [5, 5.41) is 5.34. The molecule has 32 heavy (non-hydrogen) atoms. The first-order chi connectivity index (χ1) is 15.4. The lowest BCUT2D eigenvalue weighted by Crippen LogP contribution is -2.44. The van der Waals surface area contributed by atoms with Gasteiger partial charge in [-0.25, -0.2) is 14.6 Å². The molecule has 2 N–H and O–H groups in total. The van der Waals surface area contributed by atoms with Crippen LogP contribution in [0.15, 0.2) is 47.1 Å². The van der Waals surface area contributed by atoms with Gasteiger partial charge in [-0.15, -0.1) is 0 Å². The Hall–Kier alpha value is -3.94. The van der Waals surface area contributed by atoms with Crippen LogP contribution in [0.4, 0.5) is 4.79 Å². The van der Waals surface area contributed by atoms with Crippen LogP contribution in [0.25, 0.3) is 22.6 Å². The Morgan fingerprint density at radius 3 is 2.72 bits per heavy atom. The van der Waals surface area contributed by atoms with E-state index in [2.05, 4.69) is 10.6 Å². The van der Waals surface area contributed by atoms with E-state index in [1.807, 2.05) is 42.5 Å². The first-order valence-electron chi connectivity index (χ1n) is 10.4. The van der Waals surface area contributed by atoms with Crippen LogP contribution in [0.2, 0.25) is 0 Å². The highest BCUT2D eigenvalue weighted by molar-refractivity contribution is 6.07. The normalized spacial score (nSPS) is 13.9. The zero-order valence-electron chi connectivity index (χ0n) is 17.8. The molecule has 0 atom stereocenters. The van der Waals surface area contributed by atoms with Gasteiger partial charge in [0, 0.05) is 11.4 Å². The van der Waals surface area contributed by atoms with Crippen LogP contribution in [0.1, 0.15) is 47.6 Å². The Morgan fingerprint density at radius 2 is 1.97 bits per heavy atom. The fourth-order valence-electron chi connectivity index (χ4n) is 3.72. The number of hydrogen-bond acceptors (Lipinski definition) is 6. The molecule has 2 aromatic heterocycles. The van der Waals surface area contributed by atoms with Crippen molar-refractivity contribution in [1.82, 2.24) is 15.6 Å². The SMILES string of the molecule is CC(C)NC(=O)NC(=O)COC(=O)c1c2c(nc3ccccc13)/C(=C/c1ccco1)CC2. The quantitative estimate of drug-likeness (QED) is 0.594. The second kappa shape index (κ2) is 9.05. The van der Waals surface area contributed by atoms with E-state index in [-0.39, 0.29) is 6.04 Å². The minimum absolute atomic E-state index is 0.125. The summed E-state index contributed by atoms with van der Waals surface area (Å²) < 4.78 is 10.7. The minimum atomic E-state index is -0.704. The van der Waals surface area contributed by atoms with Gasteiger partial charge in [-0.05, 0) is 62.1 Å². The number of hydrogen-bond donors (Lipinski definition) is 2. The van der Waals surface area contributed by atoms with E-state index in [0.29, 0.717) is 35.1 Å². The molecule has 0 spiro atoms. The van der Waals surface area contributed by atoms with Gasteiger partial charge in [0.15, 0.2) is 6.61 Å². The van der Waals surface area contributed by atoms with Crippen LogP contribution in [0.3, 0.4) is 0 Å². The highest BCUT2D eigenvalue weighted by atomic mass is 16.5. The molecule has 0 radical (unpaired) electrons. The second-order valence-corrected chi connectivity index (χ2v) is 7.77. The molecule has 8 nitrogen and oxygen atoms in total. The summed E-state index contributed by atoms with van der Waals surface area (Å²) in [4.78, 5) is 41.5. The van der Waals surface area contributed by atoms with Crippen molar-refractivity contribution >= 4 is 40.5 Å². The standard InChI is InChI=1S/C24H23N3O5/c1-14(2)25-24(30)27-20(28)13-32-23(29)21-17-7-3-4-8-19(17)26-22-15(9-10-18(21)22)12-16-6-5-11-31-16/h3-8,11-12,14H,9-10,13H2,1-2H3,(H2,25,27,28,30)/b15-12+. The molecule has 1 aliphatic rings. The van der Waals surface area contributed by atoms with E-state index >= 15 is 0 Å². The smallest absolute Gasteiger partial charge is 0.339 e. The first kappa shape index (κ1) is 21.3. The third-order valence-electron chi connectivity index (χ3n) is 5.01. The molecule has 0 fully saturated rings. The number of ether oxygens (including phenoxy) is 1. The maximum Gasteiger partial charge on any atom is 0.339 e. The molecule has 0 unspecified atom stereocenters. The molecular formula is C24H23N3O5. The number of fused-ring (bicyclic) bond motifs is 2.